The monoisotopic (exact) mass is 475 g/mol. The first-order valence-electron chi connectivity index (χ1n) is 11.1. The van der Waals surface area contributed by atoms with Crippen LogP contribution in [0.3, 0.4) is 0 Å². The molecular formula is C26H22FN3O3S. The van der Waals surface area contributed by atoms with Crippen LogP contribution in [0.5, 0.6) is 0 Å². The molecule has 1 N–H and O–H groups in total. The van der Waals surface area contributed by atoms with E-state index >= 15 is 0 Å². The quantitative estimate of drug-likeness (QED) is 0.510. The van der Waals surface area contributed by atoms with Gasteiger partial charge in [0, 0.05) is 29.9 Å². The van der Waals surface area contributed by atoms with Gasteiger partial charge in [0.15, 0.2) is 0 Å². The number of imide groups is 1. The maximum absolute atomic E-state index is 13.3. The molecule has 0 bridgehead atoms. The Bertz CT molecular complexity index is 1330. The lowest BCUT2D eigenvalue weighted by Gasteiger charge is -2.20. The smallest absolute Gasteiger partial charge is 0.294 e. The summed E-state index contributed by atoms with van der Waals surface area (Å²) in [5.74, 6) is -1.58. The summed E-state index contributed by atoms with van der Waals surface area (Å²) in [6, 6.07) is 17.5. The number of carbonyl (C=O) groups is 3. The van der Waals surface area contributed by atoms with Gasteiger partial charge < -0.3 is 10.2 Å². The number of hydrogen-bond acceptors (Lipinski definition) is 5. The van der Waals surface area contributed by atoms with Crippen LogP contribution in [0.4, 0.5) is 20.6 Å². The first-order valence-corrected chi connectivity index (χ1v) is 11.9. The van der Waals surface area contributed by atoms with Crippen molar-refractivity contribution < 1.29 is 18.8 Å². The number of halogens is 1. The maximum atomic E-state index is 13.3. The molecule has 0 atom stereocenters. The van der Waals surface area contributed by atoms with E-state index in [1.165, 1.54) is 42.8 Å². The van der Waals surface area contributed by atoms with Gasteiger partial charge in [-0.3, -0.25) is 19.3 Å². The average Bonchev–Trinajstić information content (AvgIpc) is 3.44. The van der Waals surface area contributed by atoms with Gasteiger partial charge in [0.2, 0.25) is 5.91 Å². The lowest BCUT2D eigenvalue weighted by Crippen LogP contribution is -2.36. The number of amides is 3. The summed E-state index contributed by atoms with van der Waals surface area (Å²) in [7, 11) is 0. The standard InChI is InChI=1S/C26H22FN3O3S/c27-18-6-5-7-19(15-18)28-24(31)16-30-25(32)23(34-26(30)33)14-17-10-11-22(29-12-3-4-13-29)21-9-2-1-8-20(17)21/h1-2,5-11,14-15H,3-4,12-13,16H2,(H,28,31)/b23-14+. The van der Waals surface area contributed by atoms with E-state index in [1.54, 1.807) is 6.08 Å². The van der Waals surface area contributed by atoms with Gasteiger partial charge in [-0.05, 0) is 65.9 Å². The summed E-state index contributed by atoms with van der Waals surface area (Å²) in [5.41, 5.74) is 2.28. The molecule has 2 aliphatic heterocycles. The van der Waals surface area contributed by atoms with E-state index < -0.39 is 29.4 Å². The fourth-order valence-electron chi connectivity index (χ4n) is 4.35. The van der Waals surface area contributed by atoms with Crippen LogP contribution in [0.1, 0.15) is 18.4 Å². The Kier molecular flexibility index (Phi) is 6.06. The van der Waals surface area contributed by atoms with Gasteiger partial charge in [0.25, 0.3) is 11.1 Å². The van der Waals surface area contributed by atoms with Gasteiger partial charge >= 0.3 is 0 Å². The average molecular weight is 476 g/mol. The fourth-order valence-corrected chi connectivity index (χ4v) is 5.18. The van der Waals surface area contributed by atoms with Crippen molar-refractivity contribution in [2.75, 3.05) is 29.9 Å². The van der Waals surface area contributed by atoms with Crippen LogP contribution < -0.4 is 10.2 Å². The normalized spacial score (nSPS) is 17.3. The van der Waals surface area contributed by atoms with E-state index in [0.717, 1.165) is 46.1 Å². The number of fused-ring (bicyclic) bond motifs is 1. The van der Waals surface area contributed by atoms with E-state index in [1.807, 2.05) is 24.3 Å². The second-order valence-electron chi connectivity index (χ2n) is 8.24. The summed E-state index contributed by atoms with van der Waals surface area (Å²) in [5, 5.41) is 4.11. The number of carbonyl (C=O) groups excluding carboxylic acids is 3. The van der Waals surface area contributed by atoms with Gasteiger partial charge in [-0.1, -0.05) is 36.4 Å². The van der Waals surface area contributed by atoms with Crippen molar-refractivity contribution in [3.8, 4) is 0 Å². The number of nitrogens with one attached hydrogen (secondary N) is 1. The van der Waals surface area contributed by atoms with Crippen LogP contribution in [0.25, 0.3) is 16.8 Å². The molecular weight excluding hydrogens is 453 g/mol. The van der Waals surface area contributed by atoms with E-state index in [0.29, 0.717) is 0 Å². The van der Waals surface area contributed by atoms with E-state index in [4.69, 9.17) is 0 Å². The minimum atomic E-state index is -0.574. The van der Waals surface area contributed by atoms with Crippen LogP contribution in [0, 0.1) is 5.82 Å². The van der Waals surface area contributed by atoms with Gasteiger partial charge in [-0.25, -0.2) is 4.39 Å². The second kappa shape index (κ2) is 9.30. The SMILES string of the molecule is O=C(CN1C(=O)S/C(=C/c2ccc(N3CCCC3)c3ccccc23)C1=O)Nc1cccc(F)c1. The lowest BCUT2D eigenvalue weighted by molar-refractivity contribution is -0.127. The van der Waals surface area contributed by atoms with Crippen LogP contribution in [-0.2, 0) is 9.59 Å². The van der Waals surface area contributed by atoms with E-state index in [2.05, 4.69) is 22.3 Å². The van der Waals surface area contributed by atoms with Crippen molar-refractivity contribution in [3.63, 3.8) is 0 Å². The zero-order valence-electron chi connectivity index (χ0n) is 18.3. The van der Waals surface area contributed by atoms with E-state index in [9.17, 15) is 18.8 Å². The number of benzene rings is 3. The van der Waals surface area contributed by atoms with Crippen molar-refractivity contribution >= 4 is 57.0 Å². The van der Waals surface area contributed by atoms with Crippen molar-refractivity contribution in [1.29, 1.82) is 0 Å². The topological polar surface area (TPSA) is 69.7 Å². The summed E-state index contributed by atoms with van der Waals surface area (Å²) in [4.78, 5) is 41.3. The van der Waals surface area contributed by atoms with Gasteiger partial charge in [-0.15, -0.1) is 0 Å². The lowest BCUT2D eigenvalue weighted by atomic mass is 10.0. The second-order valence-corrected chi connectivity index (χ2v) is 9.23. The Balaban J connectivity index is 1.37. The number of nitrogens with zero attached hydrogens (tertiary/aromatic N) is 2. The molecule has 2 heterocycles. The van der Waals surface area contributed by atoms with Gasteiger partial charge in [0.1, 0.15) is 12.4 Å². The molecule has 0 unspecified atom stereocenters. The molecule has 0 saturated carbocycles. The number of rotatable bonds is 5. The predicted molar refractivity (Wildman–Crippen MR) is 133 cm³/mol. The summed E-state index contributed by atoms with van der Waals surface area (Å²) < 4.78 is 13.3. The zero-order valence-corrected chi connectivity index (χ0v) is 19.1. The first kappa shape index (κ1) is 22.2. The minimum absolute atomic E-state index is 0.261. The Morgan fingerprint density at radius 1 is 1.00 bits per heavy atom. The highest BCUT2D eigenvalue weighted by atomic mass is 32.2. The summed E-state index contributed by atoms with van der Waals surface area (Å²) >= 11 is 0.814. The molecule has 0 aromatic heterocycles. The molecule has 5 rings (SSSR count). The third-order valence-electron chi connectivity index (χ3n) is 5.95. The van der Waals surface area contributed by atoms with Gasteiger partial charge in [-0.2, -0.15) is 0 Å². The van der Waals surface area contributed by atoms with Crippen molar-refractivity contribution in [2.24, 2.45) is 0 Å². The Hall–Kier alpha value is -3.65. The molecule has 0 aliphatic carbocycles. The highest BCUT2D eigenvalue weighted by molar-refractivity contribution is 8.18. The molecule has 0 radical (unpaired) electrons. The minimum Gasteiger partial charge on any atom is -0.371 e. The van der Waals surface area contributed by atoms with Crippen molar-refractivity contribution in [1.82, 2.24) is 4.90 Å². The van der Waals surface area contributed by atoms with Crippen LogP contribution in [0.2, 0.25) is 0 Å². The highest BCUT2D eigenvalue weighted by Crippen LogP contribution is 2.36. The molecule has 34 heavy (non-hydrogen) atoms. The number of thioether (sulfide) groups is 1. The third kappa shape index (κ3) is 4.41. The molecule has 2 saturated heterocycles. The van der Waals surface area contributed by atoms with Crippen molar-refractivity contribution in [2.45, 2.75) is 12.8 Å². The Labute approximate surface area is 200 Å². The molecule has 172 valence electrons. The molecule has 3 aromatic carbocycles. The Morgan fingerprint density at radius 3 is 2.53 bits per heavy atom. The molecule has 8 heteroatoms. The molecule has 3 aromatic rings. The van der Waals surface area contributed by atoms with Gasteiger partial charge in [0.05, 0.1) is 4.91 Å². The maximum Gasteiger partial charge on any atom is 0.294 e. The van der Waals surface area contributed by atoms with Crippen LogP contribution in [-0.4, -0.2) is 41.6 Å². The predicted octanol–water partition coefficient (Wildman–Crippen LogP) is 5.25. The fraction of sp³-hybridized carbons (Fsp3) is 0.192. The zero-order chi connectivity index (χ0) is 23.7. The number of anilines is 2. The molecule has 3 amide bonds. The van der Waals surface area contributed by atoms with Crippen LogP contribution >= 0.6 is 11.8 Å². The van der Waals surface area contributed by atoms with Crippen molar-refractivity contribution in [3.05, 3.63) is 76.9 Å². The molecule has 2 fully saturated rings. The molecule has 0 spiro atoms. The van der Waals surface area contributed by atoms with E-state index in [-0.39, 0.29) is 10.6 Å². The largest absolute Gasteiger partial charge is 0.371 e. The first-order chi connectivity index (χ1) is 16.5. The highest BCUT2D eigenvalue weighted by Gasteiger charge is 2.36. The van der Waals surface area contributed by atoms with Crippen LogP contribution in [0.15, 0.2) is 65.6 Å². The number of hydrogen-bond donors (Lipinski definition) is 1. The summed E-state index contributed by atoms with van der Waals surface area (Å²) in [6.07, 6.45) is 4.07. The summed E-state index contributed by atoms with van der Waals surface area (Å²) in [6.45, 7) is 1.62. The third-order valence-corrected chi connectivity index (χ3v) is 6.86. The molecule has 2 aliphatic rings. The Morgan fingerprint density at radius 2 is 1.76 bits per heavy atom. The molecule has 6 nitrogen and oxygen atoms in total.